The minimum Gasteiger partial charge on any atom is -0.477 e. The number of hydrogen-bond donors (Lipinski definition) is 1. The van der Waals surface area contributed by atoms with Gasteiger partial charge in [-0.15, -0.1) is 0 Å². The van der Waals surface area contributed by atoms with Crippen LogP contribution in [0, 0.1) is 5.82 Å². The summed E-state index contributed by atoms with van der Waals surface area (Å²) in [7, 11) is 0. The first kappa shape index (κ1) is 25.7. The summed E-state index contributed by atoms with van der Waals surface area (Å²) < 4.78 is 58.6. The van der Waals surface area contributed by atoms with Crippen LogP contribution in [0.3, 0.4) is 0 Å². The quantitative estimate of drug-likeness (QED) is 0.393. The molecule has 0 atom stereocenters. The lowest BCUT2D eigenvalue weighted by Crippen LogP contribution is -2.42. The summed E-state index contributed by atoms with van der Waals surface area (Å²) in [5.41, 5.74) is -5.03. The van der Waals surface area contributed by atoms with Crippen molar-refractivity contribution in [2.24, 2.45) is 0 Å². The van der Waals surface area contributed by atoms with Crippen LogP contribution < -0.4 is 16.9 Å². The number of carboxylic acids is 1. The summed E-state index contributed by atoms with van der Waals surface area (Å²) in [4.78, 5) is 50.6. The van der Waals surface area contributed by atoms with Gasteiger partial charge in [0.25, 0.3) is 5.56 Å². The van der Waals surface area contributed by atoms with Crippen LogP contribution in [0.15, 0.2) is 57.0 Å². The van der Waals surface area contributed by atoms with Gasteiger partial charge >= 0.3 is 23.5 Å². The third-order valence-electron chi connectivity index (χ3n) is 6.03. The second kappa shape index (κ2) is 9.22. The van der Waals surface area contributed by atoms with Gasteiger partial charge in [0.1, 0.15) is 11.4 Å². The first-order valence-electron chi connectivity index (χ1n) is 11.1. The van der Waals surface area contributed by atoms with Crippen LogP contribution in [0.2, 0.25) is 0 Å². The maximum Gasteiger partial charge on any atom is 0.419 e. The molecule has 0 saturated heterocycles. The summed E-state index contributed by atoms with van der Waals surface area (Å²) in [6.45, 7) is 3.14. The average Bonchev–Trinajstić information content (AvgIpc) is 3.10. The summed E-state index contributed by atoms with van der Waals surface area (Å²) in [6, 6.07) is 6.87. The topological polar surface area (TPSA) is 108 Å². The molecule has 194 valence electrons. The molecule has 0 aliphatic heterocycles. The second-order valence-corrected chi connectivity index (χ2v) is 8.11. The molecular formula is C24H20F4N4O5. The zero-order valence-electron chi connectivity index (χ0n) is 19.5. The van der Waals surface area contributed by atoms with E-state index in [1.807, 2.05) is 0 Å². The van der Waals surface area contributed by atoms with E-state index < -0.39 is 52.4 Å². The van der Waals surface area contributed by atoms with Crippen LogP contribution in [-0.4, -0.2) is 29.3 Å². The summed E-state index contributed by atoms with van der Waals surface area (Å²) in [5, 5.41) is 9.55. The molecule has 4 aromatic rings. The Labute approximate surface area is 205 Å². The van der Waals surface area contributed by atoms with Gasteiger partial charge in [-0.05, 0) is 43.7 Å². The van der Waals surface area contributed by atoms with Crippen LogP contribution in [0.1, 0.15) is 35.3 Å². The lowest BCUT2D eigenvalue weighted by atomic mass is 10.1. The van der Waals surface area contributed by atoms with Crippen molar-refractivity contribution in [3.63, 3.8) is 0 Å². The molecule has 9 nitrogen and oxygen atoms in total. The number of aromatic nitrogens is 4. The van der Waals surface area contributed by atoms with E-state index in [1.165, 1.54) is 21.3 Å². The number of hydrogen-bond acceptors (Lipinski definition) is 4. The smallest absolute Gasteiger partial charge is 0.419 e. The van der Waals surface area contributed by atoms with Crippen molar-refractivity contribution in [2.75, 3.05) is 0 Å². The van der Waals surface area contributed by atoms with Crippen molar-refractivity contribution < 1.29 is 27.5 Å². The van der Waals surface area contributed by atoms with E-state index in [9.17, 15) is 41.8 Å². The Morgan fingerprint density at radius 2 is 1.57 bits per heavy atom. The minimum absolute atomic E-state index is 0.0690. The van der Waals surface area contributed by atoms with Gasteiger partial charge in [0.05, 0.1) is 28.8 Å². The molecule has 1 N–H and O–H groups in total. The number of aromatic carboxylic acids is 1. The number of aryl methyl sites for hydroxylation is 2. The van der Waals surface area contributed by atoms with Crippen LogP contribution in [0.5, 0.6) is 0 Å². The van der Waals surface area contributed by atoms with E-state index >= 15 is 0 Å². The SMILES string of the molecule is CCn1c(=O)n(CC)c2cc(-n3cc(C(=O)O)c(=O)n(Cc4cccc(F)c4C(F)(F)F)c3=O)ccc21. The molecule has 37 heavy (non-hydrogen) atoms. The van der Waals surface area contributed by atoms with Crippen LogP contribution in [-0.2, 0) is 25.8 Å². The van der Waals surface area contributed by atoms with Gasteiger partial charge in [-0.3, -0.25) is 23.1 Å². The van der Waals surface area contributed by atoms with Gasteiger partial charge < -0.3 is 5.11 Å². The summed E-state index contributed by atoms with van der Waals surface area (Å²) in [6.07, 6.45) is -4.36. The Morgan fingerprint density at radius 3 is 2.16 bits per heavy atom. The predicted molar refractivity (Wildman–Crippen MR) is 125 cm³/mol. The highest BCUT2D eigenvalue weighted by molar-refractivity contribution is 5.87. The Balaban J connectivity index is 2.00. The standard InChI is InChI=1S/C24H20F4N4O5/c1-3-29-17-9-8-14(10-18(17)30(4-2)22(29)36)31-12-15(21(34)35)20(33)32(23(31)37)11-13-6-5-7-16(25)19(13)24(26,27)28/h5-10,12H,3-4,11H2,1-2H3,(H,34,35). The molecule has 0 radical (unpaired) electrons. The fraction of sp³-hybridized carbons (Fsp3) is 0.250. The highest BCUT2D eigenvalue weighted by Gasteiger charge is 2.37. The molecule has 0 unspecified atom stereocenters. The second-order valence-electron chi connectivity index (χ2n) is 8.11. The van der Waals surface area contributed by atoms with Crippen molar-refractivity contribution in [1.82, 2.24) is 18.3 Å². The molecule has 0 saturated carbocycles. The van der Waals surface area contributed by atoms with Crippen LogP contribution in [0.4, 0.5) is 17.6 Å². The molecule has 4 rings (SSSR count). The molecular weight excluding hydrogens is 500 g/mol. The molecule has 2 heterocycles. The fourth-order valence-electron chi connectivity index (χ4n) is 4.33. The number of carboxylic acid groups (broad SMARTS) is 1. The largest absolute Gasteiger partial charge is 0.477 e. The predicted octanol–water partition coefficient (Wildman–Crippen LogP) is 3.06. The van der Waals surface area contributed by atoms with E-state index in [1.54, 1.807) is 19.9 Å². The summed E-state index contributed by atoms with van der Waals surface area (Å²) >= 11 is 0. The molecule has 2 aromatic carbocycles. The van der Waals surface area contributed by atoms with Gasteiger partial charge in [-0.2, -0.15) is 13.2 Å². The number of nitrogens with zero attached hydrogens (tertiary/aromatic N) is 4. The normalized spacial score (nSPS) is 11.8. The Hall–Kier alpha value is -4.42. The Bertz CT molecular complexity index is 1730. The van der Waals surface area contributed by atoms with Crippen molar-refractivity contribution in [1.29, 1.82) is 0 Å². The third-order valence-corrected chi connectivity index (χ3v) is 6.03. The maximum atomic E-state index is 14.1. The van der Waals surface area contributed by atoms with E-state index in [4.69, 9.17) is 0 Å². The molecule has 13 heteroatoms. The average molecular weight is 520 g/mol. The number of rotatable bonds is 6. The number of alkyl halides is 3. The first-order valence-corrected chi connectivity index (χ1v) is 11.1. The number of halogens is 4. The Morgan fingerprint density at radius 1 is 0.919 bits per heavy atom. The van der Waals surface area contributed by atoms with E-state index in [-0.39, 0.29) is 11.4 Å². The number of benzene rings is 2. The van der Waals surface area contributed by atoms with Gasteiger partial charge in [-0.25, -0.2) is 18.8 Å². The molecule has 0 aliphatic carbocycles. The fourth-order valence-corrected chi connectivity index (χ4v) is 4.33. The monoisotopic (exact) mass is 520 g/mol. The molecule has 0 fully saturated rings. The van der Waals surface area contributed by atoms with E-state index in [2.05, 4.69) is 0 Å². The van der Waals surface area contributed by atoms with E-state index in [0.717, 1.165) is 22.9 Å². The first-order chi connectivity index (χ1) is 17.4. The molecule has 0 amide bonds. The van der Waals surface area contributed by atoms with Gasteiger partial charge in [-0.1, -0.05) is 12.1 Å². The summed E-state index contributed by atoms with van der Waals surface area (Å²) in [5.74, 6) is -3.32. The third kappa shape index (κ3) is 4.26. The van der Waals surface area contributed by atoms with E-state index in [0.29, 0.717) is 34.8 Å². The highest BCUT2D eigenvalue weighted by Crippen LogP contribution is 2.34. The maximum absolute atomic E-state index is 14.1. The highest BCUT2D eigenvalue weighted by atomic mass is 19.4. The zero-order chi connectivity index (χ0) is 27.2. The number of imidazole rings is 1. The molecule has 2 aromatic heterocycles. The van der Waals surface area contributed by atoms with Crippen molar-refractivity contribution in [3.05, 3.63) is 96.4 Å². The lowest BCUT2D eigenvalue weighted by Gasteiger charge is -2.16. The Kier molecular flexibility index (Phi) is 6.40. The number of carbonyl (C=O) groups is 1. The van der Waals surface area contributed by atoms with Crippen molar-refractivity contribution in [3.8, 4) is 5.69 Å². The molecule has 0 spiro atoms. The molecule has 0 aliphatic rings. The number of fused-ring (bicyclic) bond motifs is 1. The van der Waals surface area contributed by atoms with Crippen LogP contribution in [0.25, 0.3) is 16.7 Å². The lowest BCUT2D eigenvalue weighted by molar-refractivity contribution is -0.140. The van der Waals surface area contributed by atoms with Gasteiger partial charge in [0.15, 0.2) is 0 Å². The van der Waals surface area contributed by atoms with Crippen molar-refractivity contribution in [2.45, 2.75) is 39.7 Å². The van der Waals surface area contributed by atoms with Gasteiger partial charge in [0.2, 0.25) is 0 Å². The minimum atomic E-state index is -5.13. The zero-order valence-corrected chi connectivity index (χ0v) is 19.5. The molecule has 0 bridgehead atoms. The van der Waals surface area contributed by atoms with Gasteiger partial charge in [0, 0.05) is 19.3 Å². The van der Waals surface area contributed by atoms with Crippen LogP contribution >= 0.6 is 0 Å². The van der Waals surface area contributed by atoms with Crippen molar-refractivity contribution >= 4 is 17.0 Å².